The topological polar surface area (TPSA) is 63.2 Å². The number of amides is 1. The number of carbonyl (C=O) groups excluding carboxylic acids is 1. The van der Waals surface area contributed by atoms with Crippen LogP contribution in [0.25, 0.3) is 0 Å². The first-order valence-electron chi connectivity index (χ1n) is 8.98. The Bertz CT molecular complexity index is 909. The van der Waals surface area contributed by atoms with Gasteiger partial charge in [0.2, 0.25) is 5.91 Å². The summed E-state index contributed by atoms with van der Waals surface area (Å²) in [6, 6.07) is 12.9. The van der Waals surface area contributed by atoms with Gasteiger partial charge in [0.1, 0.15) is 5.82 Å². The molecule has 3 rings (SSSR count). The Hall–Kier alpha value is -1.86. The minimum atomic E-state index is -3.35. The van der Waals surface area contributed by atoms with E-state index in [0.29, 0.717) is 29.2 Å². The molecule has 0 saturated heterocycles. The molecule has 1 aliphatic carbocycles. The van der Waals surface area contributed by atoms with Gasteiger partial charge in [0.15, 0.2) is 9.84 Å². The zero-order chi connectivity index (χ0) is 19.3. The van der Waals surface area contributed by atoms with E-state index < -0.39 is 9.84 Å². The normalized spacial score (nSPS) is 15.0. The summed E-state index contributed by atoms with van der Waals surface area (Å²) in [6.45, 7) is 0. The first kappa shape index (κ1) is 19.9. The molecule has 0 heterocycles. The van der Waals surface area contributed by atoms with E-state index in [2.05, 4.69) is 5.32 Å². The predicted octanol–water partition coefficient (Wildman–Crippen LogP) is 4.66. The van der Waals surface area contributed by atoms with Crippen LogP contribution in [0.5, 0.6) is 0 Å². The van der Waals surface area contributed by atoms with Crippen LogP contribution < -0.4 is 5.32 Å². The number of hydrogen-bond acceptors (Lipinski definition) is 4. The molecule has 0 bridgehead atoms. The van der Waals surface area contributed by atoms with Gasteiger partial charge in [-0.25, -0.2) is 12.8 Å². The summed E-state index contributed by atoms with van der Waals surface area (Å²) < 4.78 is 38.9. The fraction of sp³-hybridized carbons (Fsp3) is 0.350. The number of nitrogens with one attached hydrogen (secondary N) is 1. The van der Waals surface area contributed by atoms with Crippen molar-refractivity contribution in [1.82, 2.24) is 0 Å². The molecule has 1 N–H and O–H groups in total. The van der Waals surface area contributed by atoms with Crippen LogP contribution in [0, 0.1) is 5.82 Å². The summed E-state index contributed by atoms with van der Waals surface area (Å²) in [5, 5.41) is 2.42. The van der Waals surface area contributed by atoms with Gasteiger partial charge in [0, 0.05) is 22.8 Å². The summed E-state index contributed by atoms with van der Waals surface area (Å²) in [5.41, 5.74) is 0.468. The molecule has 27 heavy (non-hydrogen) atoms. The van der Waals surface area contributed by atoms with Crippen molar-refractivity contribution in [1.29, 1.82) is 0 Å². The number of hydrogen-bond donors (Lipinski definition) is 1. The number of sulfone groups is 1. The second-order valence-corrected chi connectivity index (χ2v) is 9.92. The molecule has 2 aromatic rings. The van der Waals surface area contributed by atoms with Gasteiger partial charge in [0.05, 0.1) is 10.1 Å². The average Bonchev–Trinajstić information content (AvgIpc) is 3.19. The SMILES string of the molecule is O=C(CCSc1ccccc1F)Nc1cccc(S(=O)(=O)C2CCCC2)c1. The molecule has 0 aromatic heterocycles. The van der Waals surface area contributed by atoms with Crippen molar-refractivity contribution in [2.24, 2.45) is 0 Å². The highest BCUT2D eigenvalue weighted by molar-refractivity contribution is 7.99. The molecule has 144 valence electrons. The third-order valence-corrected chi connectivity index (χ3v) is 7.92. The van der Waals surface area contributed by atoms with E-state index >= 15 is 0 Å². The molecular formula is C20H22FNO3S2. The van der Waals surface area contributed by atoms with E-state index in [1.54, 1.807) is 36.4 Å². The van der Waals surface area contributed by atoms with Crippen molar-refractivity contribution in [3.8, 4) is 0 Å². The fourth-order valence-corrected chi connectivity index (χ4v) is 5.97. The second-order valence-electron chi connectivity index (χ2n) is 6.56. The maximum Gasteiger partial charge on any atom is 0.225 e. The molecule has 7 heteroatoms. The van der Waals surface area contributed by atoms with Crippen molar-refractivity contribution in [3.63, 3.8) is 0 Å². The summed E-state index contributed by atoms with van der Waals surface area (Å²) in [4.78, 5) is 12.9. The van der Waals surface area contributed by atoms with Crippen LogP contribution >= 0.6 is 11.8 Å². The first-order chi connectivity index (χ1) is 13.0. The maximum atomic E-state index is 13.6. The van der Waals surface area contributed by atoms with Crippen LogP contribution in [0.1, 0.15) is 32.1 Å². The largest absolute Gasteiger partial charge is 0.326 e. The minimum absolute atomic E-state index is 0.207. The van der Waals surface area contributed by atoms with E-state index in [4.69, 9.17) is 0 Å². The molecular weight excluding hydrogens is 385 g/mol. The Morgan fingerprint density at radius 3 is 2.59 bits per heavy atom. The van der Waals surface area contributed by atoms with Crippen molar-refractivity contribution in [3.05, 3.63) is 54.3 Å². The van der Waals surface area contributed by atoms with Crippen molar-refractivity contribution >= 4 is 33.2 Å². The van der Waals surface area contributed by atoms with Gasteiger partial charge in [-0.2, -0.15) is 0 Å². The van der Waals surface area contributed by atoms with Gasteiger partial charge >= 0.3 is 0 Å². The van der Waals surface area contributed by atoms with E-state index in [0.717, 1.165) is 12.8 Å². The van der Waals surface area contributed by atoms with E-state index in [9.17, 15) is 17.6 Å². The number of thioether (sulfide) groups is 1. The molecule has 0 atom stereocenters. The molecule has 1 amide bonds. The molecule has 1 saturated carbocycles. The fourth-order valence-electron chi connectivity index (χ4n) is 3.18. The Balaban J connectivity index is 1.57. The molecule has 4 nitrogen and oxygen atoms in total. The van der Waals surface area contributed by atoms with E-state index in [1.807, 2.05) is 0 Å². The van der Waals surface area contributed by atoms with Gasteiger partial charge in [-0.1, -0.05) is 31.0 Å². The predicted molar refractivity (Wildman–Crippen MR) is 106 cm³/mol. The smallest absolute Gasteiger partial charge is 0.225 e. The van der Waals surface area contributed by atoms with Crippen LogP contribution in [0.3, 0.4) is 0 Å². The third kappa shape index (κ3) is 5.11. The highest BCUT2D eigenvalue weighted by Crippen LogP contribution is 2.30. The molecule has 0 spiro atoms. The van der Waals surface area contributed by atoms with Crippen LogP contribution in [-0.2, 0) is 14.6 Å². The number of halogens is 1. The lowest BCUT2D eigenvalue weighted by atomic mass is 10.3. The summed E-state index contributed by atoms with van der Waals surface area (Å²) >= 11 is 1.28. The highest BCUT2D eigenvalue weighted by atomic mass is 32.2. The lowest BCUT2D eigenvalue weighted by Crippen LogP contribution is -2.18. The quantitative estimate of drug-likeness (QED) is 0.678. The standard InChI is InChI=1S/C20H22FNO3S2/c21-18-10-3-4-11-19(18)26-13-12-20(23)22-15-6-5-9-17(14-15)27(24,25)16-7-1-2-8-16/h3-6,9-11,14,16H,1-2,7-8,12-13H2,(H,22,23). The molecule has 2 aromatic carbocycles. The molecule has 0 unspecified atom stereocenters. The molecule has 0 radical (unpaired) electrons. The Labute approximate surface area is 163 Å². The average molecular weight is 408 g/mol. The Kier molecular flexibility index (Phi) is 6.55. The number of rotatable bonds is 7. The van der Waals surface area contributed by atoms with Crippen LogP contribution in [0.2, 0.25) is 0 Å². The summed E-state index contributed by atoms with van der Waals surface area (Å²) in [5.74, 6) is -0.0886. The second kappa shape index (κ2) is 8.89. The van der Waals surface area contributed by atoms with Gasteiger partial charge < -0.3 is 5.32 Å². The van der Waals surface area contributed by atoms with Crippen LogP contribution in [-0.4, -0.2) is 25.3 Å². The monoisotopic (exact) mass is 407 g/mol. The molecule has 1 aliphatic rings. The zero-order valence-electron chi connectivity index (χ0n) is 14.9. The van der Waals surface area contributed by atoms with E-state index in [-0.39, 0.29) is 28.3 Å². The first-order valence-corrected chi connectivity index (χ1v) is 11.5. The van der Waals surface area contributed by atoms with Gasteiger partial charge in [-0.3, -0.25) is 4.79 Å². The van der Waals surface area contributed by atoms with Crippen molar-refractivity contribution in [2.75, 3.05) is 11.1 Å². The Morgan fingerprint density at radius 2 is 1.85 bits per heavy atom. The van der Waals surface area contributed by atoms with Gasteiger partial charge in [0.25, 0.3) is 0 Å². The van der Waals surface area contributed by atoms with E-state index in [1.165, 1.54) is 23.9 Å². The van der Waals surface area contributed by atoms with Gasteiger partial charge in [-0.15, -0.1) is 11.8 Å². The summed E-state index contributed by atoms with van der Waals surface area (Å²) in [6.07, 6.45) is 3.50. The number of carbonyl (C=O) groups is 1. The van der Waals surface area contributed by atoms with Crippen molar-refractivity contribution in [2.45, 2.75) is 47.1 Å². The number of anilines is 1. The Morgan fingerprint density at radius 1 is 1.11 bits per heavy atom. The van der Waals surface area contributed by atoms with Crippen molar-refractivity contribution < 1.29 is 17.6 Å². The maximum absolute atomic E-state index is 13.6. The van der Waals surface area contributed by atoms with Crippen LogP contribution in [0.15, 0.2) is 58.3 Å². The van der Waals surface area contributed by atoms with Crippen LogP contribution in [0.4, 0.5) is 10.1 Å². The number of benzene rings is 2. The lowest BCUT2D eigenvalue weighted by Gasteiger charge is -2.12. The highest BCUT2D eigenvalue weighted by Gasteiger charge is 2.30. The third-order valence-electron chi connectivity index (χ3n) is 4.61. The minimum Gasteiger partial charge on any atom is -0.326 e. The lowest BCUT2D eigenvalue weighted by molar-refractivity contribution is -0.115. The van der Waals surface area contributed by atoms with Gasteiger partial charge in [-0.05, 0) is 43.2 Å². The molecule has 0 aliphatic heterocycles. The summed E-state index contributed by atoms with van der Waals surface area (Å²) in [7, 11) is -3.35. The molecule has 1 fully saturated rings. The zero-order valence-corrected chi connectivity index (χ0v) is 16.5.